The van der Waals surface area contributed by atoms with Gasteiger partial charge in [-0.1, -0.05) is 13.0 Å². The van der Waals surface area contributed by atoms with E-state index in [-0.39, 0.29) is 0 Å². The number of aryl methyl sites for hydroxylation is 3. The maximum Gasteiger partial charge on any atom is 0.0406 e. The number of hydrogen-bond donors (Lipinski definition) is 1. The van der Waals surface area contributed by atoms with Gasteiger partial charge in [-0.05, 0) is 72.2 Å². The molecule has 0 radical (unpaired) electrons. The zero-order chi connectivity index (χ0) is 15.4. The zero-order valence-corrected chi connectivity index (χ0v) is 13.5. The van der Waals surface area contributed by atoms with Crippen LogP contribution in [-0.2, 0) is 12.8 Å². The second-order valence-corrected chi connectivity index (χ2v) is 5.41. The molecule has 1 aromatic carbocycles. The Hall–Kier alpha value is -2.09. The van der Waals surface area contributed by atoms with Crippen LogP contribution in [0.1, 0.15) is 29.2 Å². The van der Waals surface area contributed by atoms with Crippen molar-refractivity contribution in [3.05, 3.63) is 59.4 Å². The highest BCUT2D eigenvalue weighted by atomic mass is 14.8. The number of aromatic nitrogens is 1. The fourth-order valence-corrected chi connectivity index (χ4v) is 2.98. The highest BCUT2D eigenvalue weighted by Crippen LogP contribution is 2.33. The molecule has 2 heteroatoms. The van der Waals surface area contributed by atoms with Gasteiger partial charge in [0.05, 0.1) is 0 Å². The quantitative estimate of drug-likeness (QED) is 0.803. The van der Waals surface area contributed by atoms with Gasteiger partial charge in [-0.3, -0.25) is 4.98 Å². The molecule has 0 fully saturated rings. The second-order valence-electron chi connectivity index (χ2n) is 5.41. The predicted molar refractivity (Wildman–Crippen MR) is 92.0 cm³/mol. The number of allylic oxidation sites excluding steroid dienone is 1. The van der Waals surface area contributed by atoms with E-state index in [2.05, 4.69) is 49.8 Å². The van der Waals surface area contributed by atoms with Gasteiger partial charge in [-0.15, -0.1) is 6.58 Å². The molecule has 0 amide bonds. The lowest BCUT2D eigenvalue weighted by molar-refractivity contribution is 1.11. The summed E-state index contributed by atoms with van der Waals surface area (Å²) in [5.74, 6) is 0. The molecular weight excluding hydrogens is 256 g/mol. The van der Waals surface area contributed by atoms with Gasteiger partial charge < -0.3 is 5.32 Å². The molecular formula is C19H24N2. The van der Waals surface area contributed by atoms with Crippen LogP contribution in [0.25, 0.3) is 11.1 Å². The van der Waals surface area contributed by atoms with Gasteiger partial charge >= 0.3 is 0 Å². The van der Waals surface area contributed by atoms with E-state index >= 15 is 0 Å². The maximum absolute atomic E-state index is 4.28. The zero-order valence-electron chi connectivity index (χ0n) is 13.5. The predicted octanol–water partition coefficient (Wildman–Crippen LogP) is 4.70. The standard InChI is InChI=1S/C19H24N2/c1-6-8-16-10-17(9-15(7-2)19(16)20-5)18-13(3)11-21-12-14(18)4/h6,9-12,20H,1,7-8H2,2-5H3. The van der Waals surface area contributed by atoms with Crippen molar-refractivity contribution in [2.75, 3.05) is 12.4 Å². The van der Waals surface area contributed by atoms with Gasteiger partial charge in [0, 0.05) is 25.1 Å². The molecule has 2 nitrogen and oxygen atoms in total. The highest BCUT2D eigenvalue weighted by molar-refractivity contribution is 5.75. The van der Waals surface area contributed by atoms with E-state index in [4.69, 9.17) is 0 Å². The van der Waals surface area contributed by atoms with Crippen LogP contribution in [0.15, 0.2) is 37.2 Å². The lowest BCUT2D eigenvalue weighted by atomic mass is 9.92. The van der Waals surface area contributed by atoms with E-state index < -0.39 is 0 Å². The van der Waals surface area contributed by atoms with Crippen molar-refractivity contribution in [2.24, 2.45) is 0 Å². The summed E-state index contributed by atoms with van der Waals surface area (Å²) in [4.78, 5) is 4.28. The lowest BCUT2D eigenvalue weighted by Crippen LogP contribution is -2.01. The molecule has 0 aliphatic heterocycles. The Morgan fingerprint density at radius 2 is 1.76 bits per heavy atom. The number of hydrogen-bond acceptors (Lipinski definition) is 2. The molecule has 0 aliphatic carbocycles. The second kappa shape index (κ2) is 6.57. The third-order valence-corrected chi connectivity index (χ3v) is 3.91. The fraction of sp³-hybridized carbons (Fsp3) is 0.316. The molecule has 1 aromatic heterocycles. The number of benzene rings is 1. The lowest BCUT2D eigenvalue weighted by Gasteiger charge is -2.17. The smallest absolute Gasteiger partial charge is 0.0406 e. The van der Waals surface area contributed by atoms with Crippen LogP contribution in [0.2, 0.25) is 0 Å². The number of nitrogens with zero attached hydrogens (tertiary/aromatic N) is 1. The van der Waals surface area contributed by atoms with Crippen molar-refractivity contribution in [1.29, 1.82) is 0 Å². The third-order valence-electron chi connectivity index (χ3n) is 3.91. The van der Waals surface area contributed by atoms with Crippen molar-refractivity contribution < 1.29 is 0 Å². The molecule has 2 rings (SSSR count). The van der Waals surface area contributed by atoms with Crippen LogP contribution >= 0.6 is 0 Å². The van der Waals surface area contributed by atoms with E-state index in [0.717, 1.165) is 12.8 Å². The van der Waals surface area contributed by atoms with Crippen LogP contribution in [0.3, 0.4) is 0 Å². The summed E-state index contributed by atoms with van der Waals surface area (Å²) in [6.45, 7) is 10.3. The number of rotatable bonds is 5. The number of pyridine rings is 1. The van der Waals surface area contributed by atoms with E-state index in [9.17, 15) is 0 Å². The van der Waals surface area contributed by atoms with E-state index in [0.29, 0.717) is 0 Å². The molecule has 0 saturated carbocycles. The molecule has 0 saturated heterocycles. The van der Waals surface area contributed by atoms with Crippen molar-refractivity contribution in [3.8, 4) is 11.1 Å². The summed E-state index contributed by atoms with van der Waals surface area (Å²) in [6.07, 6.45) is 7.73. The molecule has 110 valence electrons. The molecule has 0 atom stereocenters. The number of anilines is 1. The molecule has 0 unspecified atom stereocenters. The topological polar surface area (TPSA) is 24.9 Å². The average Bonchev–Trinajstić information content (AvgIpc) is 2.47. The summed E-state index contributed by atoms with van der Waals surface area (Å²) in [7, 11) is 1.99. The molecule has 1 heterocycles. The Kier molecular flexibility index (Phi) is 4.79. The van der Waals surface area contributed by atoms with Gasteiger partial charge in [0.1, 0.15) is 0 Å². The van der Waals surface area contributed by atoms with Crippen molar-refractivity contribution in [1.82, 2.24) is 4.98 Å². The summed E-state index contributed by atoms with van der Waals surface area (Å²) in [5, 5.41) is 3.35. The molecule has 1 N–H and O–H groups in total. The number of nitrogens with one attached hydrogen (secondary N) is 1. The summed E-state index contributed by atoms with van der Waals surface area (Å²) in [6, 6.07) is 4.58. The minimum Gasteiger partial charge on any atom is -0.388 e. The van der Waals surface area contributed by atoms with Crippen LogP contribution in [0.4, 0.5) is 5.69 Å². The highest BCUT2D eigenvalue weighted by Gasteiger charge is 2.12. The monoisotopic (exact) mass is 280 g/mol. The minimum absolute atomic E-state index is 0.875. The maximum atomic E-state index is 4.28. The van der Waals surface area contributed by atoms with Gasteiger partial charge in [-0.2, -0.15) is 0 Å². The normalized spacial score (nSPS) is 10.5. The SMILES string of the molecule is C=CCc1cc(-c2c(C)cncc2C)cc(CC)c1NC. The Labute approximate surface area is 127 Å². The average molecular weight is 280 g/mol. The molecule has 0 bridgehead atoms. The van der Waals surface area contributed by atoms with Crippen LogP contribution in [0, 0.1) is 13.8 Å². The van der Waals surface area contributed by atoms with Crippen molar-refractivity contribution in [2.45, 2.75) is 33.6 Å². The first kappa shape index (κ1) is 15.3. The summed E-state index contributed by atoms with van der Waals surface area (Å²) >= 11 is 0. The van der Waals surface area contributed by atoms with Crippen molar-refractivity contribution in [3.63, 3.8) is 0 Å². The van der Waals surface area contributed by atoms with Gasteiger partial charge in [0.15, 0.2) is 0 Å². The largest absolute Gasteiger partial charge is 0.388 e. The van der Waals surface area contributed by atoms with Gasteiger partial charge in [-0.25, -0.2) is 0 Å². The first-order chi connectivity index (χ1) is 10.1. The van der Waals surface area contributed by atoms with Crippen molar-refractivity contribution >= 4 is 5.69 Å². The molecule has 0 aliphatic rings. The summed E-state index contributed by atoms with van der Waals surface area (Å²) < 4.78 is 0. The minimum atomic E-state index is 0.875. The fourth-order valence-electron chi connectivity index (χ4n) is 2.98. The Morgan fingerprint density at radius 1 is 1.14 bits per heavy atom. The van der Waals surface area contributed by atoms with E-state index in [1.807, 2.05) is 25.5 Å². The Balaban J connectivity index is 2.70. The van der Waals surface area contributed by atoms with Crippen LogP contribution < -0.4 is 5.32 Å². The Bertz CT molecular complexity index is 637. The molecule has 21 heavy (non-hydrogen) atoms. The van der Waals surface area contributed by atoms with E-state index in [1.165, 1.54) is 39.1 Å². The first-order valence-corrected chi connectivity index (χ1v) is 7.48. The molecule has 2 aromatic rings. The van der Waals surface area contributed by atoms with Crippen LogP contribution in [-0.4, -0.2) is 12.0 Å². The van der Waals surface area contributed by atoms with Gasteiger partial charge in [0.2, 0.25) is 0 Å². The third kappa shape index (κ3) is 2.99. The molecule has 0 spiro atoms. The van der Waals surface area contributed by atoms with Crippen LogP contribution in [0.5, 0.6) is 0 Å². The Morgan fingerprint density at radius 3 is 2.29 bits per heavy atom. The van der Waals surface area contributed by atoms with E-state index in [1.54, 1.807) is 0 Å². The first-order valence-electron chi connectivity index (χ1n) is 7.48. The van der Waals surface area contributed by atoms with Gasteiger partial charge in [0.25, 0.3) is 0 Å². The summed E-state index contributed by atoms with van der Waals surface area (Å²) in [5.41, 5.74) is 8.91.